The van der Waals surface area contributed by atoms with Gasteiger partial charge in [-0.15, -0.1) is 0 Å². The van der Waals surface area contributed by atoms with Gasteiger partial charge in [0.1, 0.15) is 0 Å². The number of aromatic nitrogens is 1. The summed E-state index contributed by atoms with van der Waals surface area (Å²) in [5.41, 5.74) is 11.1. The molecule has 2 rings (SSSR count). The fourth-order valence-corrected chi connectivity index (χ4v) is 1.57. The summed E-state index contributed by atoms with van der Waals surface area (Å²) in [5.74, 6) is -1.06. The van der Waals surface area contributed by atoms with E-state index in [0.717, 1.165) is 0 Å². The molecular formula is C11H9N3O3. The average molecular weight is 231 g/mol. The zero-order valence-corrected chi connectivity index (χ0v) is 8.71. The van der Waals surface area contributed by atoms with Crippen molar-refractivity contribution in [2.45, 2.75) is 0 Å². The highest BCUT2D eigenvalue weighted by Crippen LogP contribution is 2.27. The van der Waals surface area contributed by atoms with Crippen LogP contribution in [0.1, 0.15) is 20.7 Å². The molecule has 0 bridgehead atoms. The minimum atomic E-state index is -0.667. The lowest BCUT2D eigenvalue weighted by Gasteiger charge is -2.07. The molecule has 1 aromatic carbocycles. The van der Waals surface area contributed by atoms with Crippen LogP contribution in [0.2, 0.25) is 0 Å². The first kappa shape index (κ1) is 10.9. The number of oxazole rings is 1. The summed E-state index contributed by atoms with van der Waals surface area (Å²) in [5, 5.41) is 0. The predicted molar refractivity (Wildman–Crippen MR) is 59.0 cm³/mol. The number of nitrogens with zero attached hydrogens (tertiary/aromatic N) is 1. The number of carbonyl (C=O) groups excluding carboxylic acids is 2. The zero-order valence-electron chi connectivity index (χ0n) is 8.71. The van der Waals surface area contributed by atoms with E-state index in [4.69, 9.17) is 15.9 Å². The van der Waals surface area contributed by atoms with Gasteiger partial charge in [0, 0.05) is 5.56 Å². The summed E-state index contributed by atoms with van der Waals surface area (Å²) in [4.78, 5) is 26.3. The van der Waals surface area contributed by atoms with Crippen LogP contribution >= 0.6 is 0 Å². The Balaban J connectivity index is 2.76. The molecule has 0 spiro atoms. The molecule has 1 heterocycles. The monoisotopic (exact) mass is 231 g/mol. The molecule has 6 nitrogen and oxygen atoms in total. The lowest BCUT2D eigenvalue weighted by atomic mass is 9.98. The number of benzene rings is 1. The standard InChI is InChI=1S/C11H9N3O3/c12-10(15)6-2-1-3-7(11(13)16)9(6)8-4-14-5-17-8/h1-5H,(H2,12,15)(H2,13,16). The van der Waals surface area contributed by atoms with Crippen LogP contribution < -0.4 is 11.5 Å². The lowest BCUT2D eigenvalue weighted by Crippen LogP contribution is -2.17. The van der Waals surface area contributed by atoms with Gasteiger partial charge in [-0.05, 0) is 12.1 Å². The highest BCUT2D eigenvalue weighted by molar-refractivity contribution is 6.07. The molecule has 0 aliphatic heterocycles. The van der Waals surface area contributed by atoms with Crippen molar-refractivity contribution in [3.8, 4) is 11.3 Å². The Bertz CT molecular complexity index is 543. The summed E-state index contributed by atoms with van der Waals surface area (Å²) < 4.78 is 5.07. The summed E-state index contributed by atoms with van der Waals surface area (Å²) in [7, 11) is 0. The minimum absolute atomic E-state index is 0.165. The first-order valence-corrected chi connectivity index (χ1v) is 4.72. The van der Waals surface area contributed by atoms with E-state index in [1.54, 1.807) is 0 Å². The number of rotatable bonds is 3. The van der Waals surface area contributed by atoms with Gasteiger partial charge in [0.25, 0.3) is 0 Å². The Hall–Kier alpha value is -2.63. The number of amides is 2. The zero-order chi connectivity index (χ0) is 12.4. The fraction of sp³-hybridized carbons (Fsp3) is 0. The molecule has 0 atom stereocenters. The summed E-state index contributed by atoms with van der Waals surface area (Å²) >= 11 is 0. The van der Waals surface area contributed by atoms with E-state index in [2.05, 4.69) is 4.98 Å². The van der Waals surface area contributed by atoms with Crippen molar-refractivity contribution < 1.29 is 14.0 Å². The molecule has 1 aromatic heterocycles. The molecule has 0 aliphatic carbocycles. The number of primary amides is 2. The van der Waals surface area contributed by atoms with Crippen molar-refractivity contribution in [2.24, 2.45) is 11.5 Å². The van der Waals surface area contributed by atoms with Crippen molar-refractivity contribution in [1.82, 2.24) is 4.98 Å². The van der Waals surface area contributed by atoms with Crippen LogP contribution in [-0.4, -0.2) is 16.8 Å². The Kier molecular flexibility index (Phi) is 2.61. The van der Waals surface area contributed by atoms with E-state index in [9.17, 15) is 9.59 Å². The van der Waals surface area contributed by atoms with Crippen LogP contribution in [-0.2, 0) is 0 Å². The van der Waals surface area contributed by atoms with E-state index in [1.165, 1.54) is 30.8 Å². The number of hydrogen-bond donors (Lipinski definition) is 2. The first-order valence-electron chi connectivity index (χ1n) is 4.72. The Morgan fingerprint density at radius 3 is 2.12 bits per heavy atom. The van der Waals surface area contributed by atoms with Gasteiger partial charge in [-0.25, -0.2) is 4.98 Å². The molecule has 0 radical (unpaired) electrons. The molecule has 0 saturated carbocycles. The molecule has 0 fully saturated rings. The third-order valence-electron chi connectivity index (χ3n) is 2.27. The van der Waals surface area contributed by atoms with Gasteiger partial charge in [-0.1, -0.05) is 6.07 Å². The lowest BCUT2D eigenvalue weighted by molar-refractivity contribution is 0.0999. The van der Waals surface area contributed by atoms with Gasteiger partial charge >= 0.3 is 0 Å². The van der Waals surface area contributed by atoms with E-state index in [1.807, 2.05) is 0 Å². The van der Waals surface area contributed by atoms with E-state index < -0.39 is 11.8 Å². The van der Waals surface area contributed by atoms with Crippen LogP contribution in [0.15, 0.2) is 35.2 Å². The van der Waals surface area contributed by atoms with Crippen molar-refractivity contribution in [3.63, 3.8) is 0 Å². The maximum Gasteiger partial charge on any atom is 0.249 e. The second-order valence-electron chi connectivity index (χ2n) is 3.32. The average Bonchev–Trinajstić information content (AvgIpc) is 2.80. The second-order valence-corrected chi connectivity index (χ2v) is 3.32. The quantitative estimate of drug-likeness (QED) is 0.802. The normalized spacial score (nSPS) is 10.1. The van der Waals surface area contributed by atoms with Crippen molar-refractivity contribution in [2.75, 3.05) is 0 Å². The molecule has 6 heteroatoms. The van der Waals surface area contributed by atoms with E-state index in [-0.39, 0.29) is 22.5 Å². The largest absolute Gasteiger partial charge is 0.443 e. The van der Waals surface area contributed by atoms with Crippen LogP contribution in [0.5, 0.6) is 0 Å². The van der Waals surface area contributed by atoms with Crippen molar-refractivity contribution in [1.29, 1.82) is 0 Å². The molecule has 4 N–H and O–H groups in total. The second kappa shape index (κ2) is 4.09. The summed E-state index contributed by atoms with van der Waals surface area (Å²) in [6.45, 7) is 0. The molecule has 0 saturated heterocycles. The molecule has 86 valence electrons. The maximum absolute atomic E-state index is 11.3. The minimum Gasteiger partial charge on any atom is -0.443 e. The molecule has 2 amide bonds. The first-order chi connectivity index (χ1) is 8.11. The van der Waals surface area contributed by atoms with Gasteiger partial charge in [-0.2, -0.15) is 0 Å². The maximum atomic E-state index is 11.3. The van der Waals surface area contributed by atoms with Crippen LogP contribution in [0.25, 0.3) is 11.3 Å². The highest BCUT2D eigenvalue weighted by Gasteiger charge is 2.19. The molecule has 0 unspecified atom stereocenters. The van der Waals surface area contributed by atoms with Crippen LogP contribution in [0.4, 0.5) is 0 Å². The SMILES string of the molecule is NC(=O)c1cccc(C(N)=O)c1-c1cnco1. The number of nitrogens with two attached hydrogens (primary N) is 2. The summed E-state index contributed by atoms with van der Waals surface area (Å²) in [6, 6.07) is 4.51. The molecule has 17 heavy (non-hydrogen) atoms. The molecule has 2 aromatic rings. The molecular weight excluding hydrogens is 222 g/mol. The summed E-state index contributed by atoms with van der Waals surface area (Å²) in [6.07, 6.45) is 2.58. The van der Waals surface area contributed by atoms with Crippen molar-refractivity contribution in [3.05, 3.63) is 41.9 Å². The Morgan fingerprint density at radius 1 is 1.12 bits per heavy atom. The Labute approximate surface area is 96.2 Å². The van der Waals surface area contributed by atoms with Crippen LogP contribution in [0, 0.1) is 0 Å². The fourth-order valence-electron chi connectivity index (χ4n) is 1.57. The van der Waals surface area contributed by atoms with Crippen molar-refractivity contribution >= 4 is 11.8 Å². The van der Waals surface area contributed by atoms with Crippen LogP contribution in [0.3, 0.4) is 0 Å². The predicted octanol–water partition coefficient (Wildman–Crippen LogP) is 0.539. The smallest absolute Gasteiger partial charge is 0.249 e. The Morgan fingerprint density at radius 2 is 1.71 bits per heavy atom. The highest BCUT2D eigenvalue weighted by atomic mass is 16.3. The van der Waals surface area contributed by atoms with Gasteiger partial charge < -0.3 is 15.9 Å². The van der Waals surface area contributed by atoms with Gasteiger partial charge in [-0.3, -0.25) is 9.59 Å². The van der Waals surface area contributed by atoms with Gasteiger partial charge in [0.15, 0.2) is 12.2 Å². The van der Waals surface area contributed by atoms with Gasteiger partial charge in [0.05, 0.1) is 17.3 Å². The topological polar surface area (TPSA) is 112 Å². The number of hydrogen-bond acceptors (Lipinski definition) is 4. The van der Waals surface area contributed by atoms with Gasteiger partial charge in [0.2, 0.25) is 11.8 Å². The van der Waals surface area contributed by atoms with E-state index in [0.29, 0.717) is 0 Å². The third-order valence-corrected chi connectivity index (χ3v) is 2.27. The van der Waals surface area contributed by atoms with E-state index >= 15 is 0 Å². The molecule has 0 aliphatic rings. The number of carbonyl (C=O) groups is 2. The third kappa shape index (κ3) is 1.87.